The van der Waals surface area contributed by atoms with Gasteiger partial charge in [0.25, 0.3) is 0 Å². The van der Waals surface area contributed by atoms with Crippen LogP contribution in [0.3, 0.4) is 0 Å². The van der Waals surface area contributed by atoms with Crippen LogP contribution in [0.15, 0.2) is 42.5 Å². The second kappa shape index (κ2) is 4.24. The second-order valence-corrected chi connectivity index (χ2v) is 5.82. The van der Waals surface area contributed by atoms with Crippen LogP contribution in [0.5, 0.6) is 5.75 Å². The summed E-state index contributed by atoms with van der Waals surface area (Å²) in [6.45, 7) is 2.34. The van der Waals surface area contributed by atoms with Crippen molar-refractivity contribution >= 4 is 21.5 Å². The summed E-state index contributed by atoms with van der Waals surface area (Å²) in [6.07, 6.45) is 2.50. The highest BCUT2D eigenvalue weighted by Crippen LogP contribution is 2.39. The molecule has 0 aliphatic heterocycles. The van der Waals surface area contributed by atoms with E-state index in [2.05, 4.69) is 49.4 Å². The van der Waals surface area contributed by atoms with E-state index in [1.54, 1.807) is 18.2 Å². The third-order valence-electron chi connectivity index (χ3n) is 4.73. The molecule has 0 amide bonds. The molecular weight excluding hydrogens is 244 g/mol. The van der Waals surface area contributed by atoms with Crippen molar-refractivity contribution in [2.24, 2.45) is 0 Å². The predicted octanol–water partition coefficient (Wildman–Crippen LogP) is 5.05. The van der Waals surface area contributed by atoms with Crippen molar-refractivity contribution in [3.05, 3.63) is 53.6 Å². The largest absolute Gasteiger partial charge is 0.497 e. The summed E-state index contributed by atoms with van der Waals surface area (Å²) >= 11 is 0. The van der Waals surface area contributed by atoms with E-state index in [0.29, 0.717) is 5.92 Å². The average Bonchev–Trinajstić information content (AvgIpc) is 2.88. The number of hydrogen-bond acceptors (Lipinski definition) is 1. The first-order valence-electron chi connectivity index (χ1n) is 7.30. The smallest absolute Gasteiger partial charge is 0.119 e. The summed E-state index contributed by atoms with van der Waals surface area (Å²) in [5, 5.41) is 5.39. The molecular formula is C19H18O. The number of aryl methyl sites for hydroxylation is 1. The number of hydrogen-bond donors (Lipinski definition) is 0. The fourth-order valence-corrected chi connectivity index (χ4v) is 3.59. The minimum Gasteiger partial charge on any atom is -0.497 e. The molecule has 100 valence electrons. The van der Waals surface area contributed by atoms with Gasteiger partial charge in [0.05, 0.1) is 7.11 Å². The number of fused-ring (bicyclic) bond motifs is 5. The van der Waals surface area contributed by atoms with Crippen LogP contribution >= 0.6 is 0 Å². The third-order valence-corrected chi connectivity index (χ3v) is 4.73. The molecule has 20 heavy (non-hydrogen) atoms. The van der Waals surface area contributed by atoms with Gasteiger partial charge in [-0.15, -0.1) is 0 Å². The zero-order valence-electron chi connectivity index (χ0n) is 11.9. The Bertz CT molecular complexity index is 817. The van der Waals surface area contributed by atoms with Crippen molar-refractivity contribution in [3.63, 3.8) is 0 Å². The van der Waals surface area contributed by atoms with Crippen LogP contribution in [-0.4, -0.2) is 7.11 Å². The van der Waals surface area contributed by atoms with E-state index in [9.17, 15) is 0 Å². The third kappa shape index (κ3) is 1.56. The van der Waals surface area contributed by atoms with E-state index in [1.165, 1.54) is 34.4 Å². The Hall–Kier alpha value is -2.02. The Kier molecular flexibility index (Phi) is 2.50. The quantitative estimate of drug-likeness (QED) is 0.557. The minimum absolute atomic E-state index is 0.709. The van der Waals surface area contributed by atoms with Crippen LogP contribution in [0.2, 0.25) is 0 Å². The molecule has 1 heteroatoms. The first kappa shape index (κ1) is 11.8. The highest BCUT2D eigenvalue weighted by atomic mass is 16.5. The van der Waals surface area contributed by atoms with E-state index in [1.807, 2.05) is 0 Å². The Balaban J connectivity index is 2.07. The molecule has 0 N–H and O–H groups in total. The fraction of sp³-hybridized carbons (Fsp3) is 0.263. The standard InChI is InChI=1S/C19H18O/c1-12-3-6-17-15(12)9-10-18-16-8-5-14(20-2)11-13(16)4-7-19(17)18/h4-5,7-12H,3,6H2,1-2H3/t12-/m0/s1. The molecule has 0 heterocycles. The lowest BCUT2D eigenvalue weighted by Crippen LogP contribution is -1.89. The van der Waals surface area contributed by atoms with Gasteiger partial charge in [-0.25, -0.2) is 0 Å². The molecule has 3 aromatic carbocycles. The van der Waals surface area contributed by atoms with E-state index in [-0.39, 0.29) is 0 Å². The number of ether oxygens (including phenoxy) is 1. The van der Waals surface area contributed by atoms with Crippen molar-refractivity contribution in [1.29, 1.82) is 0 Å². The summed E-state index contributed by atoms with van der Waals surface area (Å²) in [6, 6.07) is 15.5. The molecule has 4 rings (SSSR count). The highest BCUT2D eigenvalue weighted by molar-refractivity contribution is 6.09. The fourth-order valence-electron chi connectivity index (χ4n) is 3.59. The maximum Gasteiger partial charge on any atom is 0.119 e. The zero-order valence-corrected chi connectivity index (χ0v) is 11.9. The molecule has 0 fully saturated rings. The maximum atomic E-state index is 5.32. The SMILES string of the molecule is COc1ccc2c(ccc3c4c(ccc32)[C@@H](C)CC4)c1. The van der Waals surface area contributed by atoms with Gasteiger partial charge in [0, 0.05) is 0 Å². The van der Waals surface area contributed by atoms with E-state index < -0.39 is 0 Å². The number of methoxy groups -OCH3 is 1. The Morgan fingerprint density at radius 3 is 2.60 bits per heavy atom. The number of benzene rings is 3. The predicted molar refractivity (Wildman–Crippen MR) is 84.7 cm³/mol. The van der Waals surface area contributed by atoms with Crippen molar-refractivity contribution in [2.75, 3.05) is 7.11 Å². The molecule has 1 nitrogen and oxygen atoms in total. The van der Waals surface area contributed by atoms with Gasteiger partial charge < -0.3 is 4.74 Å². The molecule has 1 atom stereocenters. The van der Waals surface area contributed by atoms with Crippen molar-refractivity contribution < 1.29 is 4.74 Å². The van der Waals surface area contributed by atoms with E-state index >= 15 is 0 Å². The average molecular weight is 262 g/mol. The number of rotatable bonds is 1. The normalized spacial score (nSPS) is 17.6. The van der Waals surface area contributed by atoms with Gasteiger partial charge in [0.1, 0.15) is 5.75 Å². The van der Waals surface area contributed by atoms with Crippen LogP contribution in [0.1, 0.15) is 30.4 Å². The topological polar surface area (TPSA) is 9.23 Å². The van der Waals surface area contributed by atoms with Crippen molar-refractivity contribution in [3.8, 4) is 5.75 Å². The molecule has 0 radical (unpaired) electrons. The Morgan fingerprint density at radius 1 is 0.950 bits per heavy atom. The lowest BCUT2D eigenvalue weighted by Gasteiger charge is -2.11. The molecule has 0 unspecified atom stereocenters. The summed E-state index contributed by atoms with van der Waals surface area (Å²) in [7, 11) is 1.72. The summed E-state index contributed by atoms with van der Waals surface area (Å²) in [5.41, 5.74) is 3.11. The Labute approximate surface area is 119 Å². The monoisotopic (exact) mass is 262 g/mol. The van der Waals surface area contributed by atoms with Crippen LogP contribution < -0.4 is 4.74 Å². The molecule has 0 aromatic heterocycles. The van der Waals surface area contributed by atoms with E-state index in [4.69, 9.17) is 4.74 Å². The van der Waals surface area contributed by atoms with E-state index in [0.717, 1.165) is 5.75 Å². The van der Waals surface area contributed by atoms with Crippen LogP contribution in [-0.2, 0) is 6.42 Å². The zero-order chi connectivity index (χ0) is 13.7. The Morgan fingerprint density at radius 2 is 1.75 bits per heavy atom. The van der Waals surface area contributed by atoms with Gasteiger partial charge in [-0.3, -0.25) is 0 Å². The summed E-state index contributed by atoms with van der Waals surface area (Å²) in [4.78, 5) is 0. The molecule has 1 aliphatic rings. The lowest BCUT2D eigenvalue weighted by molar-refractivity contribution is 0.415. The highest BCUT2D eigenvalue weighted by Gasteiger charge is 2.20. The molecule has 0 saturated carbocycles. The molecule has 0 spiro atoms. The van der Waals surface area contributed by atoms with Gasteiger partial charge in [-0.05, 0) is 63.6 Å². The second-order valence-electron chi connectivity index (χ2n) is 5.82. The van der Waals surface area contributed by atoms with Gasteiger partial charge in [-0.1, -0.05) is 37.3 Å². The first-order chi connectivity index (χ1) is 9.78. The molecule has 3 aromatic rings. The van der Waals surface area contributed by atoms with Crippen molar-refractivity contribution in [1.82, 2.24) is 0 Å². The van der Waals surface area contributed by atoms with Gasteiger partial charge in [0.2, 0.25) is 0 Å². The van der Waals surface area contributed by atoms with Gasteiger partial charge >= 0.3 is 0 Å². The summed E-state index contributed by atoms with van der Waals surface area (Å²) < 4.78 is 5.32. The van der Waals surface area contributed by atoms with Crippen LogP contribution in [0.4, 0.5) is 0 Å². The minimum atomic E-state index is 0.709. The van der Waals surface area contributed by atoms with Gasteiger partial charge in [-0.2, -0.15) is 0 Å². The van der Waals surface area contributed by atoms with Crippen molar-refractivity contribution in [2.45, 2.75) is 25.7 Å². The van der Waals surface area contributed by atoms with Crippen LogP contribution in [0, 0.1) is 0 Å². The molecule has 1 aliphatic carbocycles. The maximum absolute atomic E-state index is 5.32. The summed E-state index contributed by atoms with van der Waals surface area (Å²) in [5.74, 6) is 1.63. The first-order valence-corrected chi connectivity index (χ1v) is 7.30. The molecule has 0 saturated heterocycles. The van der Waals surface area contributed by atoms with Crippen LogP contribution in [0.25, 0.3) is 21.5 Å². The lowest BCUT2D eigenvalue weighted by atomic mass is 9.94. The van der Waals surface area contributed by atoms with Gasteiger partial charge in [0.15, 0.2) is 0 Å². The molecule has 0 bridgehead atoms.